The highest BCUT2D eigenvalue weighted by Crippen LogP contribution is 2.16. The van der Waals surface area contributed by atoms with Gasteiger partial charge in [-0.05, 0) is 32.5 Å². The first kappa shape index (κ1) is 16.4. The topological polar surface area (TPSA) is 24.5 Å². The molecule has 1 N–H and O–H groups in total. The van der Waals surface area contributed by atoms with Crippen molar-refractivity contribution in [3.63, 3.8) is 0 Å². The van der Waals surface area contributed by atoms with Gasteiger partial charge in [0.1, 0.15) is 6.54 Å². The fourth-order valence-corrected chi connectivity index (χ4v) is 1.47. The van der Waals surface area contributed by atoms with Crippen molar-refractivity contribution in [1.82, 2.24) is 10.2 Å². The molecule has 0 aromatic carbocycles. The molecule has 0 bridgehead atoms. The van der Waals surface area contributed by atoms with Crippen LogP contribution in [0.5, 0.6) is 0 Å². The van der Waals surface area contributed by atoms with Gasteiger partial charge >= 0.3 is 6.18 Å². The molecule has 0 heterocycles. The van der Waals surface area contributed by atoms with Gasteiger partial charge in [0.15, 0.2) is 5.11 Å². The van der Waals surface area contributed by atoms with Crippen LogP contribution in [-0.2, 0) is 4.74 Å². The molecule has 17 heavy (non-hydrogen) atoms. The minimum atomic E-state index is -4.23. The third-order valence-corrected chi connectivity index (χ3v) is 2.39. The van der Waals surface area contributed by atoms with E-state index in [-0.39, 0.29) is 11.7 Å². The molecular formula is C10H19F3N2OS. The lowest BCUT2D eigenvalue weighted by molar-refractivity contribution is -0.137. The second-order valence-corrected chi connectivity index (χ2v) is 3.80. The van der Waals surface area contributed by atoms with Crippen molar-refractivity contribution in [2.24, 2.45) is 0 Å². The summed E-state index contributed by atoms with van der Waals surface area (Å²) in [6.45, 7) is 4.49. The van der Waals surface area contributed by atoms with Crippen molar-refractivity contribution in [1.29, 1.82) is 0 Å². The molecule has 0 fully saturated rings. The predicted octanol–water partition coefficient (Wildman–Crippen LogP) is 2.17. The highest BCUT2D eigenvalue weighted by molar-refractivity contribution is 7.80. The van der Waals surface area contributed by atoms with Crippen molar-refractivity contribution in [3.05, 3.63) is 0 Å². The summed E-state index contributed by atoms with van der Waals surface area (Å²) < 4.78 is 41.7. The van der Waals surface area contributed by atoms with Crippen LogP contribution in [0.25, 0.3) is 0 Å². The maximum absolute atomic E-state index is 12.2. The molecule has 102 valence electrons. The Kier molecular flexibility index (Phi) is 8.24. The van der Waals surface area contributed by atoms with Crippen LogP contribution in [0.4, 0.5) is 13.2 Å². The van der Waals surface area contributed by atoms with Gasteiger partial charge in [-0.25, -0.2) is 0 Å². The van der Waals surface area contributed by atoms with Gasteiger partial charge in [-0.2, -0.15) is 13.2 Å². The fraction of sp³-hybridized carbons (Fsp3) is 0.900. The minimum absolute atomic E-state index is 0.140. The van der Waals surface area contributed by atoms with Crippen molar-refractivity contribution < 1.29 is 17.9 Å². The van der Waals surface area contributed by atoms with Gasteiger partial charge in [0.05, 0.1) is 0 Å². The number of thiocarbonyl (C=S) groups is 1. The monoisotopic (exact) mass is 272 g/mol. The Labute approximate surface area is 105 Å². The number of nitrogens with zero attached hydrogens (tertiary/aromatic N) is 1. The maximum atomic E-state index is 12.2. The van der Waals surface area contributed by atoms with E-state index in [2.05, 4.69) is 5.32 Å². The highest BCUT2D eigenvalue weighted by atomic mass is 32.1. The van der Waals surface area contributed by atoms with E-state index >= 15 is 0 Å². The van der Waals surface area contributed by atoms with E-state index in [1.807, 2.05) is 6.92 Å². The van der Waals surface area contributed by atoms with Gasteiger partial charge in [0.2, 0.25) is 0 Å². The van der Waals surface area contributed by atoms with Gasteiger partial charge in [0, 0.05) is 26.3 Å². The molecule has 0 saturated heterocycles. The quantitative estimate of drug-likeness (QED) is 0.567. The number of hydrogen-bond acceptors (Lipinski definition) is 2. The molecule has 0 unspecified atom stereocenters. The highest BCUT2D eigenvalue weighted by Gasteiger charge is 2.31. The van der Waals surface area contributed by atoms with Gasteiger partial charge in [-0.1, -0.05) is 0 Å². The first-order chi connectivity index (χ1) is 7.90. The van der Waals surface area contributed by atoms with E-state index < -0.39 is 12.7 Å². The fourth-order valence-electron chi connectivity index (χ4n) is 1.17. The average Bonchev–Trinajstić information content (AvgIpc) is 2.24. The normalized spacial score (nSPS) is 11.4. The first-order valence-corrected chi connectivity index (χ1v) is 5.98. The summed E-state index contributed by atoms with van der Waals surface area (Å²) >= 11 is 4.89. The Morgan fingerprint density at radius 3 is 2.47 bits per heavy atom. The molecule has 0 atom stereocenters. The molecule has 0 spiro atoms. The van der Waals surface area contributed by atoms with Crippen LogP contribution in [-0.4, -0.2) is 49.0 Å². The number of rotatable bonds is 7. The van der Waals surface area contributed by atoms with E-state index in [1.54, 1.807) is 6.92 Å². The molecule has 0 amide bonds. The number of nitrogens with one attached hydrogen (secondary N) is 1. The van der Waals surface area contributed by atoms with Crippen LogP contribution in [0, 0.1) is 0 Å². The first-order valence-electron chi connectivity index (χ1n) is 5.58. The number of halogens is 3. The van der Waals surface area contributed by atoms with Crippen LogP contribution in [0.15, 0.2) is 0 Å². The zero-order valence-corrected chi connectivity index (χ0v) is 11.0. The lowest BCUT2D eigenvalue weighted by atomic mass is 10.4. The maximum Gasteiger partial charge on any atom is 0.406 e. The minimum Gasteiger partial charge on any atom is -0.382 e. The molecular weight excluding hydrogens is 253 g/mol. The average molecular weight is 272 g/mol. The summed E-state index contributed by atoms with van der Waals surface area (Å²) in [6, 6.07) is 0. The Morgan fingerprint density at radius 2 is 2.00 bits per heavy atom. The van der Waals surface area contributed by atoms with Gasteiger partial charge < -0.3 is 15.0 Å². The second kappa shape index (κ2) is 8.52. The van der Waals surface area contributed by atoms with E-state index in [0.29, 0.717) is 19.8 Å². The number of ether oxygens (including phenoxy) is 1. The van der Waals surface area contributed by atoms with Crippen molar-refractivity contribution in [3.8, 4) is 0 Å². The third-order valence-electron chi connectivity index (χ3n) is 1.98. The zero-order valence-electron chi connectivity index (χ0n) is 10.1. The Bertz CT molecular complexity index is 224. The molecule has 0 saturated carbocycles. The van der Waals surface area contributed by atoms with E-state index in [9.17, 15) is 13.2 Å². The standard InChI is InChI=1S/C10H19F3N2OS/c1-3-15(8-10(11,12)13)9(17)14-6-5-7-16-4-2/h3-8H2,1-2H3,(H,14,17). The van der Waals surface area contributed by atoms with Crippen LogP contribution in [0.3, 0.4) is 0 Å². The van der Waals surface area contributed by atoms with Gasteiger partial charge in [-0.3, -0.25) is 0 Å². The third kappa shape index (κ3) is 9.17. The summed E-state index contributed by atoms with van der Waals surface area (Å²) in [4.78, 5) is 1.09. The van der Waals surface area contributed by atoms with Crippen LogP contribution < -0.4 is 5.32 Å². The summed E-state index contributed by atoms with van der Waals surface area (Å²) in [7, 11) is 0. The number of hydrogen-bond donors (Lipinski definition) is 1. The van der Waals surface area contributed by atoms with Crippen LogP contribution >= 0.6 is 12.2 Å². The van der Waals surface area contributed by atoms with Crippen molar-refractivity contribution >= 4 is 17.3 Å². The molecule has 0 aromatic rings. The molecule has 0 aliphatic carbocycles. The largest absolute Gasteiger partial charge is 0.406 e. The van der Waals surface area contributed by atoms with E-state index in [4.69, 9.17) is 17.0 Å². The smallest absolute Gasteiger partial charge is 0.382 e. The summed E-state index contributed by atoms with van der Waals surface area (Å²) in [6.07, 6.45) is -3.51. The SMILES string of the molecule is CCOCCCNC(=S)N(CC)CC(F)(F)F. The lowest BCUT2D eigenvalue weighted by Crippen LogP contribution is -2.44. The summed E-state index contributed by atoms with van der Waals surface area (Å²) in [5, 5.41) is 2.93. The molecule has 0 rings (SSSR count). The molecule has 3 nitrogen and oxygen atoms in total. The predicted molar refractivity (Wildman–Crippen MR) is 65.0 cm³/mol. The Morgan fingerprint density at radius 1 is 1.35 bits per heavy atom. The number of alkyl halides is 3. The molecule has 0 aliphatic rings. The lowest BCUT2D eigenvalue weighted by Gasteiger charge is -2.25. The van der Waals surface area contributed by atoms with E-state index in [0.717, 1.165) is 11.3 Å². The van der Waals surface area contributed by atoms with Crippen LogP contribution in [0.2, 0.25) is 0 Å². The molecule has 0 aromatic heterocycles. The Hall–Kier alpha value is -0.560. The summed E-state index contributed by atoms with van der Waals surface area (Å²) in [5.41, 5.74) is 0. The van der Waals surface area contributed by atoms with Crippen LogP contribution in [0.1, 0.15) is 20.3 Å². The Balaban J connectivity index is 3.85. The molecule has 7 heteroatoms. The van der Waals surface area contributed by atoms with Gasteiger partial charge in [-0.15, -0.1) is 0 Å². The van der Waals surface area contributed by atoms with E-state index in [1.165, 1.54) is 0 Å². The summed E-state index contributed by atoms with van der Waals surface area (Å²) in [5.74, 6) is 0. The molecule has 0 aliphatic heterocycles. The molecule has 0 radical (unpaired) electrons. The van der Waals surface area contributed by atoms with Gasteiger partial charge in [0.25, 0.3) is 0 Å². The van der Waals surface area contributed by atoms with Crippen molar-refractivity contribution in [2.75, 3.05) is 32.8 Å². The van der Waals surface area contributed by atoms with Crippen molar-refractivity contribution in [2.45, 2.75) is 26.4 Å². The zero-order chi connectivity index (χ0) is 13.3. The second-order valence-electron chi connectivity index (χ2n) is 3.41.